The Morgan fingerprint density at radius 3 is 2.67 bits per heavy atom. The largest absolute Gasteiger partial charge is 0.493 e. The lowest BCUT2D eigenvalue weighted by Gasteiger charge is -2.22. The Balaban J connectivity index is 2.50. The summed E-state index contributed by atoms with van der Waals surface area (Å²) in [5.41, 5.74) is 1.02. The van der Waals surface area contributed by atoms with Crippen LogP contribution in [0.3, 0.4) is 0 Å². The molecule has 0 aliphatic carbocycles. The molecular formula is C15H25N5O. The Morgan fingerprint density at radius 2 is 2.14 bits per heavy atom. The molecule has 0 radical (unpaired) electrons. The molecule has 116 valence electrons. The molecule has 0 aliphatic heterocycles. The van der Waals surface area contributed by atoms with Gasteiger partial charge in [0.1, 0.15) is 17.6 Å². The van der Waals surface area contributed by atoms with Gasteiger partial charge in [0.05, 0.1) is 13.3 Å². The number of ether oxygens (including phenoxy) is 1. The van der Waals surface area contributed by atoms with E-state index in [4.69, 9.17) is 4.74 Å². The lowest BCUT2D eigenvalue weighted by molar-refractivity contribution is 0.389. The van der Waals surface area contributed by atoms with Crippen LogP contribution < -0.4 is 10.1 Å². The second kappa shape index (κ2) is 6.76. The highest BCUT2D eigenvalue weighted by molar-refractivity contribution is 5.33. The van der Waals surface area contributed by atoms with Crippen LogP contribution in [-0.2, 0) is 7.05 Å². The number of methoxy groups -OCH3 is 1. The van der Waals surface area contributed by atoms with Crippen LogP contribution in [0.4, 0.5) is 0 Å². The van der Waals surface area contributed by atoms with Crippen molar-refractivity contribution in [3.63, 3.8) is 0 Å². The van der Waals surface area contributed by atoms with E-state index in [1.54, 1.807) is 13.3 Å². The Bertz CT molecular complexity index is 572. The van der Waals surface area contributed by atoms with Crippen LogP contribution in [0.5, 0.6) is 5.75 Å². The van der Waals surface area contributed by atoms with Gasteiger partial charge in [-0.3, -0.25) is 4.68 Å². The predicted molar refractivity (Wildman–Crippen MR) is 82.5 cm³/mol. The summed E-state index contributed by atoms with van der Waals surface area (Å²) in [4.78, 5) is 4.50. The van der Waals surface area contributed by atoms with Crippen LogP contribution in [0.2, 0.25) is 0 Å². The van der Waals surface area contributed by atoms with Crippen molar-refractivity contribution in [1.82, 2.24) is 24.6 Å². The fraction of sp³-hybridized carbons (Fsp3) is 0.600. The van der Waals surface area contributed by atoms with Crippen molar-refractivity contribution in [2.75, 3.05) is 13.7 Å². The second-order valence-corrected chi connectivity index (χ2v) is 5.42. The maximum Gasteiger partial charge on any atom is 0.162 e. The van der Waals surface area contributed by atoms with E-state index in [9.17, 15) is 0 Å². The smallest absolute Gasteiger partial charge is 0.162 e. The molecule has 0 fully saturated rings. The zero-order chi connectivity index (χ0) is 15.4. The third kappa shape index (κ3) is 3.10. The molecule has 0 saturated carbocycles. The summed E-state index contributed by atoms with van der Waals surface area (Å²) >= 11 is 0. The van der Waals surface area contributed by atoms with Gasteiger partial charge in [-0.2, -0.15) is 5.10 Å². The summed E-state index contributed by atoms with van der Waals surface area (Å²) in [6.45, 7) is 7.29. The van der Waals surface area contributed by atoms with Crippen molar-refractivity contribution in [1.29, 1.82) is 0 Å². The van der Waals surface area contributed by atoms with E-state index in [-0.39, 0.29) is 12.1 Å². The van der Waals surface area contributed by atoms with Gasteiger partial charge in [-0.1, -0.05) is 6.92 Å². The van der Waals surface area contributed by atoms with Gasteiger partial charge in [0.2, 0.25) is 0 Å². The highest BCUT2D eigenvalue weighted by atomic mass is 16.5. The molecule has 2 aromatic heterocycles. The molecule has 0 aliphatic rings. The molecular weight excluding hydrogens is 266 g/mol. The minimum absolute atomic E-state index is 0.0372. The van der Waals surface area contributed by atoms with Crippen molar-refractivity contribution >= 4 is 0 Å². The lowest BCUT2D eigenvalue weighted by atomic mass is 10.1. The first kappa shape index (κ1) is 15.6. The van der Waals surface area contributed by atoms with E-state index in [0.717, 1.165) is 30.2 Å². The van der Waals surface area contributed by atoms with Gasteiger partial charge in [0, 0.05) is 25.5 Å². The van der Waals surface area contributed by atoms with Gasteiger partial charge < -0.3 is 14.6 Å². The molecule has 21 heavy (non-hydrogen) atoms. The van der Waals surface area contributed by atoms with Crippen LogP contribution in [0.15, 0.2) is 18.6 Å². The van der Waals surface area contributed by atoms with Crippen LogP contribution in [0.25, 0.3) is 0 Å². The maximum atomic E-state index is 5.51. The molecule has 1 N–H and O–H groups in total. The third-order valence-electron chi connectivity index (χ3n) is 3.50. The van der Waals surface area contributed by atoms with Crippen LogP contribution in [0.1, 0.15) is 50.8 Å². The highest BCUT2D eigenvalue weighted by Crippen LogP contribution is 2.31. The van der Waals surface area contributed by atoms with Crippen molar-refractivity contribution in [2.45, 2.75) is 39.3 Å². The van der Waals surface area contributed by atoms with E-state index < -0.39 is 0 Å². The van der Waals surface area contributed by atoms with Crippen LogP contribution >= 0.6 is 0 Å². The lowest BCUT2D eigenvalue weighted by Crippen LogP contribution is -2.29. The molecule has 0 saturated heterocycles. The Morgan fingerprint density at radius 1 is 1.38 bits per heavy atom. The molecule has 2 heterocycles. The average Bonchev–Trinajstić information content (AvgIpc) is 3.06. The summed E-state index contributed by atoms with van der Waals surface area (Å²) in [5, 5.41) is 8.03. The van der Waals surface area contributed by atoms with Crippen LogP contribution in [-0.4, -0.2) is 33.0 Å². The number of imidazole rings is 1. The number of hydrogen-bond donors (Lipinski definition) is 1. The summed E-state index contributed by atoms with van der Waals surface area (Å²) in [7, 11) is 3.69. The minimum Gasteiger partial charge on any atom is -0.493 e. The molecule has 2 rings (SSSR count). The summed E-state index contributed by atoms with van der Waals surface area (Å²) in [6.07, 6.45) is 6.61. The number of nitrogens with one attached hydrogen (secondary N) is 1. The molecule has 6 nitrogen and oxygen atoms in total. The molecule has 0 spiro atoms. The number of nitrogens with zero attached hydrogens (tertiary/aromatic N) is 4. The van der Waals surface area contributed by atoms with Gasteiger partial charge in [-0.05, 0) is 26.8 Å². The predicted octanol–water partition coefficient (Wildman–Crippen LogP) is 2.30. The first-order valence-corrected chi connectivity index (χ1v) is 7.42. The Labute approximate surface area is 126 Å². The van der Waals surface area contributed by atoms with Crippen molar-refractivity contribution in [3.8, 4) is 5.75 Å². The molecule has 0 aromatic carbocycles. The number of rotatable bonds is 7. The zero-order valence-corrected chi connectivity index (χ0v) is 13.5. The van der Waals surface area contributed by atoms with Crippen molar-refractivity contribution < 1.29 is 4.74 Å². The van der Waals surface area contributed by atoms with Gasteiger partial charge in [-0.15, -0.1) is 0 Å². The highest BCUT2D eigenvalue weighted by Gasteiger charge is 2.27. The summed E-state index contributed by atoms with van der Waals surface area (Å²) in [6, 6.07) is 0.222. The number of aryl methyl sites for hydroxylation is 1. The molecule has 6 heteroatoms. The van der Waals surface area contributed by atoms with Crippen molar-refractivity contribution in [3.05, 3.63) is 30.1 Å². The fourth-order valence-electron chi connectivity index (χ4n) is 2.45. The zero-order valence-electron chi connectivity index (χ0n) is 13.5. The summed E-state index contributed by atoms with van der Waals surface area (Å²) < 4.78 is 9.55. The van der Waals surface area contributed by atoms with Crippen LogP contribution in [0, 0.1) is 0 Å². The standard InChI is InChI=1S/C15H25N5O/c1-6-7-16-13(15-17-8-9-19(15)4)14-12(21-5)10-18-20(14)11(2)3/h8-11,13,16H,6-7H2,1-5H3. The Hall–Kier alpha value is -1.82. The molecule has 0 bridgehead atoms. The molecule has 1 atom stereocenters. The second-order valence-electron chi connectivity index (χ2n) is 5.42. The van der Waals surface area contributed by atoms with E-state index in [2.05, 4.69) is 36.2 Å². The van der Waals surface area contributed by atoms with Crippen molar-refractivity contribution in [2.24, 2.45) is 7.05 Å². The quantitative estimate of drug-likeness (QED) is 0.850. The summed E-state index contributed by atoms with van der Waals surface area (Å²) in [5.74, 6) is 1.75. The SMILES string of the molecule is CCCNC(c1nccn1C)c1c(OC)cnn1C(C)C. The fourth-order valence-corrected chi connectivity index (χ4v) is 2.45. The maximum absolute atomic E-state index is 5.51. The minimum atomic E-state index is -0.0372. The van der Waals surface area contributed by atoms with E-state index in [0.29, 0.717) is 0 Å². The molecule has 2 aromatic rings. The first-order chi connectivity index (χ1) is 10.1. The molecule has 1 unspecified atom stereocenters. The molecule has 0 amide bonds. The number of aromatic nitrogens is 4. The van der Waals surface area contributed by atoms with E-state index in [1.807, 2.05) is 28.7 Å². The van der Waals surface area contributed by atoms with E-state index in [1.165, 1.54) is 0 Å². The number of hydrogen-bond acceptors (Lipinski definition) is 4. The monoisotopic (exact) mass is 291 g/mol. The average molecular weight is 291 g/mol. The Kier molecular flexibility index (Phi) is 5.01. The van der Waals surface area contributed by atoms with Gasteiger partial charge in [0.25, 0.3) is 0 Å². The van der Waals surface area contributed by atoms with E-state index >= 15 is 0 Å². The first-order valence-electron chi connectivity index (χ1n) is 7.42. The normalized spacial score (nSPS) is 12.9. The topological polar surface area (TPSA) is 56.9 Å². The third-order valence-corrected chi connectivity index (χ3v) is 3.50. The van der Waals surface area contributed by atoms with Gasteiger partial charge in [-0.25, -0.2) is 4.98 Å². The van der Waals surface area contributed by atoms with Gasteiger partial charge >= 0.3 is 0 Å². The van der Waals surface area contributed by atoms with Gasteiger partial charge in [0.15, 0.2) is 5.75 Å².